The normalized spacial score (nSPS) is 32.2. The van der Waals surface area contributed by atoms with Gasteiger partial charge in [-0.05, 0) is 0 Å². The fourth-order valence-corrected chi connectivity index (χ4v) is 3.24. The molecule has 1 aromatic heterocycles. The number of hydrogen-bond donors (Lipinski definition) is 7. The summed E-state index contributed by atoms with van der Waals surface area (Å²) >= 11 is 0. The van der Waals surface area contributed by atoms with Crippen molar-refractivity contribution >= 4 is 25.7 Å². The van der Waals surface area contributed by atoms with Crippen molar-refractivity contribution in [2.75, 3.05) is 12.3 Å². The zero-order valence-corrected chi connectivity index (χ0v) is 13.0. The second-order valence-electron chi connectivity index (χ2n) is 5.56. The van der Waals surface area contributed by atoms with Gasteiger partial charge in [0, 0.05) is 12.3 Å². The number of hydrogen-bond acceptors (Lipinski definition) is 9. The van der Waals surface area contributed by atoms with Crippen LogP contribution in [0.5, 0.6) is 0 Å². The van der Waals surface area contributed by atoms with Crippen molar-refractivity contribution in [3.63, 3.8) is 0 Å². The fraction of sp³-hybridized carbons (Fsp3) is 0.545. The summed E-state index contributed by atoms with van der Waals surface area (Å²) in [5, 5.41) is 23.1. The molecule has 1 saturated heterocycles. The fourth-order valence-electron chi connectivity index (χ4n) is 2.88. The lowest BCUT2D eigenvalue weighted by Gasteiger charge is -2.21. The summed E-state index contributed by atoms with van der Waals surface area (Å²) in [4.78, 5) is 39.5. The molecule has 12 nitrogen and oxygen atoms in total. The summed E-state index contributed by atoms with van der Waals surface area (Å²) in [6.07, 6.45) is -1.23. The smallest absolute Gasteiger partial charge is 0.389 e. The van der Waals surface area contributed by atoms with Gasteiger partial charge in [0.15, 0.2) is 5.69 Å². The van der Waals surface area contributed by atoms with Crippen molar-refractivity contribution in [2.24, 2.45) is 4.99 Å². The topological polar surface area (TPSA) is 203 Å². The first-order valence-electron chi connectivity index (χ1n) is 6.93. The van der Waals surface area contributed by atoms with E-state index in [1.807, 2.05) is 0 Å². The van der Waals surface area contributed by atoms with E-state index >= 15 is 0 Å². The van der Waals surface area contributed by atoms with Crippen LogP contribution in [0.25, 0.3) is 0 Å². The maximum absolute atomic E-state index is 11.8. The second kappa shape index (κ2) is 6.01. The van der Waals surface area contributed by atoms with Crippen molar-refractivity contribution in [3.05, 3.63) is 16.0 Å². The van der Waals surface area contributed by atoms with E-state index in [0.29, 0.717) is 0 Å². The number of nitrogen functional groups attached to an aromatic ring is 1. The van der Waals surface area contributed by atoms with Crippen LogP contribution in [-0.4, -0.2) is 67.1 Å². The molecule has 0 spiro atoms. The molecule has 2 aliphatic rings. The number of rotatable bonds is 4. The van der Waals surface area contributed by atoms with Crippen LogP contribution in [0, 0.1) is 0 Å². The zero-order chi connectivity index (χ0) is 17.6. The molecular weight excluding hydrogens is 345 g/mol. The summed E-state index contributed by atoms with van der Waals surface area (Å²) < 4.78 is 15.1. The minimum absolute atomic E-state index is 0.0626. The molecule has 0 aromatic carbocycles. The lowest BCUT2D eigenvalue weighted by molar-refractivity contribution is 0.0186. The molecule has 1 unspecified atom stereocenters. The first kappa shape index (κ1) is 17.2. The van der Waals surface area contributed by atoms with Gasteiger partial charge in [-0.15, -0.1) is 0 Å². The van der Waals surface area contributed by atoms with Crippen molar-refractivity contribution < 1.29 is 29.1 Å². The van der Waals surface area contributed by atoms with Crippen LogP contribution >= 0.6 is 7.82 Å². The van der Waals surface area contributed by atoms with Gasteiger partial charge in [0.05, 0.1) is 36.5 Å². The highest BCUT2D eigenvalue weighted by Gasteiger charge is 2.47. The molecule has 0 radical (unpaired) electrons. The Kier molecular flexibility index (Phi) is 4.30. The minimum atomic E-state index is -4.71. The van der Waals surface area contributed by atoms with E-state index in [-0.39, 0.29) is 17.3 Å². The molecule has 0 bridgehead atoms. The van der Waals surface area contributed by atoms with Gasteiger partial charge in [0.25, 0.3) is 5.56 Å². The highest BCUT2D eigenvalue weighted by Crippen LogP contribution is 2.38. The average Bonchev–Trinajstić information content (AvgIpc) is 3.00. The maximum Gasteiger partial charge on any atom is 0.469 e. The van der Waals surface area contributed by atoms with Crippen LogP contribution in [0.4, 0.5) is 11.6 Å². The van der Waals surface area contributed by atoms with Gasteiger partial charge < -0.3 is 31.1 Å². The number of phosphoric ester groups is 1. The largest absolute Gasteiger partial charge is 0.469 e. The molecule has 2 aliphatic heterocycles. The Morgan fingerprint density at radius 2 is 2.04 bits per heavy atom. The van der Waals surface area contributed by atoms with Crippen LogP contribution in [0.3, 0.4) is 0 Å². The highest BCUT2D eigenvalue weighted by atomic mass is 31.2. The molecule has 8 N–H and O–H groups in total. The second-order valence-corrected chi connectivity index (χ2v) is 6.79. The van der Waals surface area contributed by atoms with Gasteiger partial charge in [-0.25, -0.2) is 9.55 Å². The van der Waals surface area contributed by atoms with E-state index in [9.17, 15) is 19.6 Å². The van der Waals surface area contributed by atoms with Crippen molar-refractivity contribution in [3.8, 4) is 0 Å². The number of phosphoric acid groups is 1. The van der Waals surface area contributed by atoms with Gasteiger partial charge in [0.1, 0.15) is 0 Å². The van der Waals surface area contributed by atoms with Gasteiger partial charge >= 0.3 is 7.82 Å². The molecule has 132 valence electrons. The molecule has 5 atom stereocenters. The molecular formula is C11H16N5O7P. The summed E-state index contributed by atoms with van der Waals surface area (Å²) in [7, 11) is -4.71. The van der Waals surface area contributed by atoms with Crippen molar-refractivity contribution in [1.29, 1.82) is 0 Å². The Morgan fingerprint density at radius 3 is 2.71 bits per heavy atom. The van der Waals surface area contributed by atoms with E-state index in [4.69, 9.17) is 15.5 Å². The Morgan fingerprint density at radius 1 is 1.33 bits per heavy atom. The van der Waals surface area contributed by atoms with E-state index < -0.39 is 50.2 Å². The maximum atomic E-state index is 11.8. The minimum Gasteiger partial charge on any atom is -0.389 e. The Hall–Kier alpha value is -1.66. The van der Waals surface area contributed by atoms with E-state index in [1.165, 1.54) is 6.21 Å². The molecule has 0 saturated carbocycles. The van der Waals surface area contributed by atoms with Gasteiger partial charge in [-0.3, -0.25) is 19.3 Å². The van der Waals surface area contributed by atoms with Crippen LogP contribution in [0.2, 0.25) is 0 Å². The van der Waals surface area contributed by atoms with E-state index in [2.05, 4.69) is 24.8 Å². The number of aliphatic hydroxyl groups excluding tert-OH is 2. The number of nitrogens with two attached hydrogens (primary N) is 1. The molecule has 13 heteroatoms. The standard InChI is InChI=1S/C11H16N5O7P/c12-11-15-5-3(1-13-7(5)10(19)16-11)6-9(18)8(17)4(14-6)2-23-24(20,21)22/h1,3-4,6,8-9,14,17-18H,2H2,(H2,20,21,22)(H3,12,15,16,19)/t3?,4-,6-,8-,9+/m1/s1. The molecule has 1 aromatic rings. The summed E-state index contributed by atoms with van der Waals surface area (Å²) in [5.41, 5.74) is 5.30. The summed E-state index contributed by atoms with van der Waals surface area (Å²) in [5.74, 6) is -0.752. The van der Waals surface area contributed by atoms with Crippen LogP contribution in [0.15, 0.2) is 9.79 Å². The summed E-state index contributed by atoms with van der Waals surface area (Å²) in [6, 6.07) is -1.71. The van der Waals surface area contributed by atoms with Gasteiger partial charge in [-0.2, -0.15) is 0 Å². The number of aliphatic imine (C=N–C) groups is 1. The number of fused-ring (bicyclic) bond motifs is 1. The average molecular weight is 361 g/mol. The number of nitrogens with zero attached hydrogens (tertiary/aromatic N) is 2. The predicted molar refractivity (Wildman–Crippen MR) is 80.9 cm³/mol. The predicted octanol–water partition coefficient (Wildman–Crippen LogP) is -2.68. The first-order valence-corrected chi connectivity index (χ1v) is 8.46. The molecule has 0 aliphatic carbocycles. The molecule has 3 heterocycles. The lowest BCUT2D eigenvalue weighted by atomic mass is 9.94. The third-order valence-electron chi connectivity index (χ3n) is 3.97. The monoisotopic (exact) mass is 361 g/mol. The SMILES string of the molecule is Nc1nc2c(c(=O)[nH]1)N=CC2[C@H]1N[C@H](COP(=O)(O)O)[C@@H](O)[C@H]1O. The number of H-pyrrole nitrogens is 1. The summed E-state index contributed by atoms with van der Waals surface area (Å²) in [6.45, 7) is -0.513. The van der Waals surface area contributed by atoms with Crippen LogP contribution in [0.1, 0.15) is 11.6 Å². The number of nitrogens with one attached hydrogen (secondary N) is 2. The van der Waals surface area contributed by atoms with Crippen LogP contribution in [-0.2, 0) is 9.09 Å². The first-order chi connectivity index (χ1) is 11.2. The Balaban J connectivity index is 1.81. The van der Waals surface area contributed by atoms with E-state index in [1.54, 1.807) is 0 Å². The van der Waals surface area contributed by atoms with Crippen molar-refractivity contribution in [2.45, 2.75) is 30.2 Å². The number of aliphatic hydroxyl groups is 2. The molecule has 1 fully saturated rings. The molecule has 0 amide bonds. The quantitative estimate of drug-likeness (QED) is 0.277. The van der Waals surface area contributed by atoms with Gasteiger partial charge in [0.2, 0.25) is 5.95 Å². The Labute approximate surface area is 134 Å². The third-order valence-corrected chi connectivity index (χ3v) is 4.45. The zero-order valence-electron chi connectivity index (χ0n) is 12.1. The van der Waals surface area contributed by atoms with Crippen molar-refractivity contribution in [1.82, 2.24) is 15.3 Å². The lowest BCUT2D eigenvalue weighted by Crippen LogP contribution is -2.40. The number of aromatic nitrogens is 2. The van der Waals surface area contributed by atoms with E-state index in [0.717, 1.165) is 0 Å². The third kappa shape index (κ3) is 3.13. The Bertz CT molecular complexity index is 777. The number of aromatic amines is 1. The number of anilines is 1. The van der Waals surface area contributed by atoms with Crippen LogP contribution < -0.4 is 16.6 Å². The molecule has 3 rings (SSSR count). The highest BCUT2D eigenvalue weighted by molar-refractivity contribution is 7.46. The molecule has 24 heavy (non-hydrogen) atoms. The van der Waals surface area contributed by atoms with Gasteiger partial charge in [-0.1, -0.05) is 0 Å².